The molecule has 5 N–H and O–H groups in total. The minimum atomic E-state index is -0.795. The molecule has 5 amide bonds. The second-order valence-electron chi connectivity index (χ2n) is 13.6. The summed E-state index contributed by atoms with van der Waals surface area (Å²) in [5.41, 5.74) is 0.357. The van der Waals surface area contributed by atoms with Crippen molar-refractivity contribution in [1.82, 2.24) is 36.5 Å². The molecular formula is C35H55N7O5. The first-order valence-electron chi connectivity index (χ1n) is 17.9. The van der Waals surface area contributed by atoms with Gasteiger partial charge in [0.25, 0.3) is 5.91 Å². The Morgan fingerprint density at radius 2 is 1.28 bits per heavy atom. The lowest BCUT2D eigenvalue weighted by Crippen LogP contribution is -2.52. The van der Waals surface area contributed by atoms with Crippen molar-refractivity contribution in [3.63, 3.8) is 0 Å². The first-order valence-corrected chi connectivity index (χ1v) is 17.9. The largest absolute Gasteiger partial charge is 0.353 e. The Hall–Kier alpha value is -3.54. The molecule has 3 aliphatic rings. The van der Waals surface area contributed by atoms with Crippen molar-refractivity contribution in [2.24, 2.45) is 11.8 Å². The highest BCUT2D eigenvalue weighted by Gasteiger charge is 2.28. The second kappa shape index (κ2) is 20.0. The molecule has 0 unspecified atom stereocenters. The minimum absolute atomic E-state index is 0.183. The van der Waals surface area contributed by atoms with Crippen LogP contribution in [-0.2, 0) is 19.2 Å². The summed E-state index contributed by atoms with van der Waals surface area (Å²) in [5.74, 6) is -1.30. The van der Waals surface area contributed by atoms with Gasteiger partial charge in [0.15, 0.2) is 0 Å². The highest BCUT2D eigenvalue weighted by molar-refractivity contribution is 5.98. The molecular weight excluding hydrogens is 598 g/mol. The number of hydrogen-bond donors (Lipinski definition) is 5. The zero-order valence-corrected chi connectivity index (χ0v) is 27.9. The van der Waals surface area contributed by atoms with Gasteiger partial charge in [-0.1, -0.05) is 70.6 Å². The van der Waals surface area contributed by atoms with E-state index in [0.717, 1.165) is 71.0 Å². The van der Waals surface area contributed by atoms with E-state index in [2.05, 4.69) is 36.5 Å². The lowest BCUT2D eigenvalue weighted by Gasteiger charge is -2.28. The Balaban J connectivity index is 1.23. The van der Waals surface area contributed by atoms with E-state index in [1.165, 1.54) is 38.3 Å². The molecule has 2 aliphatic carbocycles. The molecule has 47 heavy (non-hydrogen) atoms. The number of nitrogens with one attached hydrogen (secondary N) is 5. The predicted octanol–water partition coefficient (Wildman–Crippen LogP) is 2.44. The molecule has 0 spiro atoms. The lowest BCUT2D eigenvalue weighted by atomic mass is 9.84. The fourth-order valence-electron chi connectivity index (χ4n) is 7.13. The summed E-state index contributed by atoms with van der Waals surface area (Å²) in [5, 5.41) is 13.9. The minimum Gasteiger partial charge on any atom is -0.353 e. The van der Waals surface area contributed by atoms with Gasteiger partial charge >= 0.3 is 0 Å². The number of likely N-dealkylation sites (tertiary alicyclic amines) is 1. The number of carbonyl (C=O) groups is 5. The van der Waals surface area contributed by atoms with E-state index in [9.17, 15) is 24.0 Å². The molecule has 3 fully saturated rings. The molecule has 2 heterocycles. The highest BCUT2D eigenvalue weighted by Crippen LogP contribution is 2.28. The van der Waals surface area contributed by atoms with E-state index in [0.29, 0.717) is 36.8 Å². The van der Waals surface area contributed by atoms with Crippen molar-refractivity contribution in [3.05, 3.63) is 30.1 Å². The van der Waals surface area contributed by atoms with Crippen molar-refractivity contribution >= 4 is 29.5 Å². The number of rotatable bonds is 16. The van der Waals surface area contributed by atoms with Gasteiger partial charge in [-0.3, -0.25) is 29.0 Å². The molecule has 260 valence electrons. The van der Waals surface area contributed by atoms with Crippen molar-refractivity contribution < 1.29 is 24.0 Å². The first kappa shape index (κ1) is 36.3. The quantitative estimate of drug-likeness (QED) is 0.183. The molecule has 12 heteroatoms. The smallest absolute Gasteiger partial charge is 0.253 e. The Morgan fingerprint density at radius 3 is 1.89 bits per heavy atom. The van der Waals surface area contributed by atoms with Crippen LogP contribution >= 0.6 is 0 Å². The summed E-state index contributed by atoms with van der Waals surface area (Å²) in [7, 11) is 0. The maximum atomic E-state index is 13.2. The van der Waals surface area contributed by atoms with Gasteiger partial charge in [0.1, 0.15) is 12.1 Å². The third kappa shape index (κ3) is 13.2. The van der Waals surface area contributed by atoms with Crippen LogP contribution in [0, 0.1) is 11.8 Å². The fraction of sp³-hybridized carbons (Fsp3) is 0.714. The summed E-state index contributed by atoms with van der Waals surface area (Å²) >= 11 is 0. The van der Waals surface area contributed by atoms with E-state index in [-0.39, 0.29) is 19.0 Å². The zero-order chi connectivity index (χ0) is 33.3. The molecule has 1 saturated heterocycles. The van der Waals surface area contributed by atoms with E-state index >= 15 is 0 Å². The molecule has 0 radical (unpaired) electrons. The van der Waals surface area contributed by atoms with Gasteiger partial charge in [-0.25, -0.2) is 0 Å². The van der Waals surface area contributed by atoms with Crippen molar-refractivity contribution in [3.8, 4) is 0 Å². The van der Waals surface area contributed by atoms with E-state index in [1.807, 2.05) is 0 Å². The summed E-state index contributed by atoms with van der Waals surface area (Å²) in [4.78, 5) is 71.1. The average Bonchev–Trinajstić information content (AvgIpc) is 3.10. The monoisotopic (exact) mass is 653 g/mol. The van der Waals surface area contributed by atoms with Crippen LogP contribution in [-0.4, -0.2) is 90.8 Å². The molecule has 0 aromatic carbocycles. The number of amides is 5. The highest BCUT2D eigenvalue weighted by atomic mass is 16.2. The van der Waals surface area contributed by atoms with Crippen LogP contribution in [0.2, 0.25) is 0 Å². The van der Waals surface area contributed by atoms with Crippen LogP contribution in [0.5, 0.6) is 0 Å². The summed E-state index contributed by atoms with van der Waals surface area (Å²) in [6.45, 7) is 2.81. The van der Waals surface area contributed by atoms with Crippen LogP contribution in [0.1, 0.15) is 107 Å². The topological polar surface area (TPSA) is 162 Å². The molecule has 0 bridgehead atoms. The molecule has 12 nitrogen and oxygen atoms in total. The van der Waals surface area contributed by atoms with E-state index in [4.69, 9.17) is 0 Å². The Morgan fingerprint density at radius 1 is 0.702 bits per heavy atom. The second-order valence-corrected chi connectivity index (χ2v) is 13.6. The average molecular weight is 654 g/mol. The fourth-order valence-corrected chi connectivity index (χ4v) is 7.13. The first-order chi connectivity index (χ1) is 22.9. The standard InChI is InChI=1S/C35H55N7O5/c43-31(24-39-35(47)30(22-27-13-6-2-7-14-27)41-33(45)28-15-10-16-36-23-28)38-25-32(44)40-29(21-26-11-4-1-5-12-26)34(46)37-17-20-42-18-8-3-9-19-42/h10,15-16,23,26-27,29-30H,1-9,11-14,17-22,24-25H2,(H,37,46)(H,38,43)(H,39,47)(H,40,44)(H,41,45)/t29-,30-/m0/s1. The van der Waals surface area contributed by atoms with Gasteiger partial charge in [-0.15, -0.1) is 0 Å². The van der Waals surface area contributed by atoms with Gasteiger partial charge in [-0.05, 0) is 62.7 Å². The number of pyridine rings is 1. The van der Waals surface area contributed by atoms with Gasteiger partial charge < -0.3 is 31.5 Å². The van der Waals surface area contributed by atoms with Crippen molar-refractivity contribution in [1.29, 1.82) is 0 Å². The van der Waals surface area contributed by atoms with E-state index in [1.54, 1.807) is 18.3 Å². The molecule has 1 aromatic heterocycles. The third-order valence-corrected chi connectivity index (χ3v) is 9.83. The molecule has 2 saturated carbocycles. The molecule has 4 rings (SSSR count). The summed E-state index contributed by atoms with van der Waals surface area (Å²) in [6, 6.07) is 1.84. The summed E-state index contributed by atoms with van der Waals surface area (Å²) in [6.07, 6.45) is 18.7. The molecule has 2 atom stereocenters. The van der Waals surface area contributed by atoms with Crippen LogP contribution < -0.4 is 26.6 Å². The van der Waals surface area contributed by atoms with Crippen LogP contribution in [0.3, 0.4) is 0 Å². The number of nitrogens with zero attached hydrogens (tertiary/aromatic N) is 2. The van der Waals surface area contributed by atoms with Crippen LogP contribution in [0.4, 0.5) is 0 Å². The Labute approximate surface area is 279 Å². The van der Waals surface area contributed by atoms with Crippen LogP contribution in [0.15, 0.2) is 24.5 Å². The maximum Gasteiger partial charge on any atom is 0.253 e. The van der Waals surface area contributed by atoms with Gasteiger partial charge in [0.05, 0.1) is 18.7 Å². The maximum absolute atomic E-state index is 13.2. The molecule has 1 aliphatic heterocycles. The predicted molar refractivity (Wildman–Crippen MR) is 179 cm³/mol. The number of hydrogen-bond acceptors (Lipinski definition) is 7. The Kier molecular flexibility index (Phi) is 15.4. The normalized spacial score (nSPS) is 19.1. The van der Waals surface area contributed by atoms with Crippen LogP contribution in [0.25, 0.3) is 0 Å². The summed E-state index contributed by atoms with van der Waals surface area (Å²) < 4.78 is 0. The van der Waals surface area contributed by atoms with Crippen molar-refractivity contribution in [2.75, 3.05) is 39.3 Å². The Bertz CT molecular complexity index is 1150. The van der Waals surface area contributed by atoms with E-state index < -0.39 is 35.7 Å². The SMILES string of the molecule is O=C(CNC(=O)[C@H](CC1CCCCC1)NC(=O)c1cccnc1)NCC(=O)N[C@@H](CC1CCCCC1)C(=O)NCCN1CCCCC1. The van der Waals surface area contributed by atoms with Gasteiger partial charge in [0, 0.05) is 25.5 Å². The number of carbonyl (C=O) groups excluding carboxylic acids is 5. The zero-order valence-electron chi connectivity index (χ0n) is 27.9. The number of aromatic nitrogens is 1. The van der Waals surface area contributed by atoms with Gasteiger partial charge in [-0.2, -0.15) is 0 Å². The van der Waals surface area contributed by atoms with Crippen molar-refractivity contribution in [2.45, 2.75) is 108 Å². The lowest BCUT2D eigenvalue weighted by molar-refractivity contribution is -0.130. The third-order valence-electron chi connectivity index (χ3n) is 9.83. The number of piperidine rings is 1. The molecule has 1 aromatic rings. The van der Waals surface area contributed by atoms with Gasteiger partial charge in [0.2, 0.25) is 23.6 Å².